The lowest BCUT2D eigenvalue weighted by atomic mass is 9.92. The summed E-state index contributed by atoms with van der Waals surface area (Å²) in [6, 6.07) is 15.1. The van der Waals surface area contributed by atoms with E-state index in [1.54, 1.807) is 6.08 Å². The van der Waals surface area contributed by atoms with Crippen LogP contribution in [0.2, 0.25) is 0 Å². The highest BCUT2D eigenvalue weighted by molar-refractivity contribution is 6.02. The summed E-state index contributed by atoms with van der Waals surface area (Å²) in [5.41, 5.74) is 8.50. The largest absolute Gasteiger partial charge is 0.384 e. The van der Waals surface area contributed by atoms with Crippen LogP contribution in [0.3, 0.4) is 0 Å². The first-order valence-corrected chi connectivity index (χ1v) is 22.5. The summed E-state index contributed by atoms with van der Waals surface area (Å²) in [6.07, 6.45) is 11.1. The molecule has 2 aliphatic carbocycles. The Balaban J connectivity index is 0.750. The first kappa shape index (κ1) is 41.0. The van der Waals surface area contributed by atoms with Crippen LogP contribution in [0.5, 0.6) is 0 Å². The number of amides is 3. The van der Waals surface area contributed by atoms with Gasteiger partial charge in [-0.15, -0.1) is 6.58 Å². The first-order valence-electron chi connectivity index (χ1n) is 22.5. The van der Waals surface area contributed by atoms with Crippen molar-refractivity contribution in [2.24, 2.45) is 5.92 Å². The maximum atomic E-state index is 13.2. The third-order valence-electron chi connectivity index (χ3n) is 14.0. The number of aliphatic hydroxyl groups is 1. The molecule has 0 saturated carbocycles. The first-order chi connectivity index (χ1) is 30.6. The summed E-state index contributed by atoms with van der Waals surface area (Å²) in [5.74, 6) is 0.346. The number of carbonyl (C=O) groups excluding carboxylic acids is 3. The molecule has 15 heteroatoms. The molecular formula is C48H54N10O5. The number of hydrogen-bond acceptors (Lipinski definition) is 13. The smallest absolute Gasteiger partial charge is 0.256 e. The van der Waals surface area contributed by atoms with Crippen LogP contribution in [0.15, 0.2) is 65.8 Å². The highest BCUT2D eigenvalue weighted by atomic mass is 16.5. The Hall–Kier alpha value is -6.03. The van der Waals surface area contributed by atoms with Crippen molar-refractivity contribution in [1.29, 1.82) is 0 Å². The minimum Gasteiger partial charge on any atom is -0.384 e. The molecule has 10 rings (SSSR count). The molecule has 0 spiro atoms. The second-order valence-electron chi connectivity index (χ2n) is 18.0. The van der Waals surface area contributed by atoms with Crippen LogP contribution < -0.4 is 21.3 Å². The highest BCUT2D eigenvalue weighted by Gasteiger charge is 2.38. The van der Waals surface area contributed by atoms with E-state index < -0.39 is 11.5 Å². The molecule has 15 nitrogen and oxygen atoms in total. The number of anilines is 4. The van der Waals surface area contributed by atoms with Gasteiger partial charge in [-0.3, -0.25) is 24.6 Å². The summed E-state index contributed by atoms with van der Waals surface area (Å²) in [4.78, 5) is 56.8. The number of imide groups is 1. The molecular weight excluding hydrogens is 797 g/mol. The van der Waals surface area contributed by atoms with Gasteiger partial charge in [0.05, 0.1) is 11.6 Å². The number of aromatic nitrogens is 4. The number of rotatable bonds is 12. The van der Waals surface area contributed by atoms with E-state index in [0.717, 1.165) is 93.5 Å². The molecule has 2 saturated heterocycles. The molecule has 5 N–H and O–H groups in total. The number of aryl methyl sites for hydroxylation is 1. The van der Waals surface area contributed by atoms with Crippen LogP contribution in [-0.4, -0.2) is 91.5 Å². The number of pyridine rings is 1. The van der Waals surface area contributed by atoms with Crippen LogP contribution in [0.1, 0.15) is 101 Å². The number of carbonyl (C=O) groups is 3. The number of piperidine rings is 2. The lowest BCUT2D eigenvalue weighted by Crippen LogP contribution is -2.47. The van der Waals surface area contributed by atoms with Gasteiger partial charge in [0.2, 0.25) is 17.8 Å². The number of hydrogen-bond donors (Lipinski definition) is 5. The van der Waals surface area contributed by atoms with Crippen molar-refractivity contribution in [3.8, 4) is 0 Å². The highest BCUT2D eigenvalue weighted by Crippen LogP contribution is 2.40. The predicted octanol–water partition coefficient (Wildman–Crippen LogP) is 5.72. The van der Waals surface area contributed by atoms with Crippen LogP contribution in [0.4, 0.5) is 23.3 Å². The number of fused-ring (bicyclic) bond motifs is 5. The van der Waals surface area contributed by atoms with Crippen LogP contribution in [0, 0.1) is 5.92 Å². The lowest BCUT2D eigenvalue weighted by molar-refractivity contribution is -0.134. The summed E-state index contributed by atoms with van der Waals surface area (Å²) in [5, 5.41) is 28.3. The topological polar surface area (TPSA) is 191 Å². The van der Waals surface area contributed by atoms with Crippen molar-refractivity contribution in [2.45, 2.75) is 95.2 Å². The standard InChI is InChI=1S/C48H54N10O5/c1-3-18-49-45(60)38-25-50-47(55-44(38)53-39-11-7-29-13-17-48(62,4-2)43(29)52-39)51-33-8-5-32-27-58(21-14-30(32)24-33)34-15-19-57(20-16-34)26-28-22-31-6-9-35-41(56-63-42(35)37(31)23-28)36-10-12-40(59)54-46(36)61/h3,5-9,11,24-25,28,34,36,62H,1,4,10,12-23,26-27H2,2H3,(H,49,60)(H,54,59,61)(H2,50,51,52,53,55). The summed E-state index contributed by atoms with van der Waals surface area (Å²) in [7, 11) is 0. The van der Waals surface area contributed by atoms with E-state index in [1.807, 2.05) is 25.1 Å². The van der Waals surface area contributed by atoms with Gasteiger partial charge in [0, 0.05) is 61.5 Å². The maximum Gasteiger partial charge on any atom is 0.256 e. The Labute approximate surface area is 366 Å². The predicted molar refractivity (Wildman–Crippen MR) is 238 cm³/mol. The van der Waals surface area contributed by atoms with Crippen molar-refractivity contribution in [1.82, 2.24) is 40.5 Å². The van der Waals surface area contributed by atoms with Crippen molar-refractivity contribution in [3.05, 3.63) is 106 Å². The van der Waals surface area contributed by atoms with Gasteiger partial charge >= 0.3 is 0 Å². The minimum atomic E-state index is -0.967. The molecule has 3 amide bonds. The Kier molecular flexibility index (Phi) is 11.0. The zero-order valence-electron chi connectivity index (χ0n) is 35.7. The van der Waals surface area contributed by atoms with Gasteiger partial charge in [0.15, 0.2) is 5.58 Å². The fourth-order valence-corrected chi connectivity index (χ4v) is 10.5. The van der Waals surface area contributed by atoms with Crippen LogP contribution in [-0.2, 0) is 47.4 Å². The number of likely N-dealkylation sites (tertiary alicyclic amines) is 1. The Morgan fingerprint density at radius 3 is 2.65 bits per heavy atom. The van der Waals surface area contributed by atoms with Gasteiger partial charge in [-0.25, -0.2) is 9.97 Å². The minimum absolute atomic E-state index is 0.229. The van der Waals surface area contributed by atoms with E-state index in [-0.39, 0.29) is 23.3 Å². The van der Waals surface area contributed by atoms with Gasteiger partial charge in [0.25, 0.3) is 5.91 Å². The van der Waals surface area contributed by atoms with Gasteiger partial charge in [0.1, 0.15) is 28.5 Å². The maximum absolute atomic E-state index is 13.2. The van der Waals surface area contributed by atoms with Crippen molar-refractivity contribution >= 4 is 52.0 Å². The molecule has 63 heavy (non-hydrogen) atoms. The molecule has 0 bridgehead atoms. The average molecular weight is 851 g/mol. The number of nitrogens with one attached hydrogen (secondary N) is 4. The molecule has 2 aromatic carbocycles. The van der Waals surface area contributed by atoms with Gasteiger partial charge in [-0.05, 0) is 123 Å². The Bertz CT molecular complexity index is 2620. The zero-order valence-corrected chi connectivity index (χ0v) is 35.7. The van der Waals surface area contributed by atoms with E-state index in [4.69, 9.17) is 14.5 Å². The second-order valence-corrected chi connectivity index (χ2v) is 18.0. The fourth-order valence-electron chi connectivity index (χ4n) is 10.5. The molecule has 3 atom stereocenters. The monoisotopic (exact) mass is 850 g/mol. The molecule has 3 unspecified atom stereocenters. The second kappa shape index (κ2) is 16.9. The van der Waals surface area contributed by atoms with Gasteiger partial charge < -0.3 is 30.5 Å². The van der Waals surface area contributed by atoms with Crippen molar-refractivity contribution in [3.63, 3.8) is 0 Å². The quantitative estimate of drug-likeness (QED) is 0.0758. The molecule has 3 aliphatic heterocycles. The molecule has 3 aromatic heterocycles. The Morgan fingerprint density at radius 1 is 0.984 bits per heavy atom. The summed E-state index contributed by atoms with van der Waals surface area (Å²) in [6.45, 7) is 11.1. The van der Waals surface area contributed by atoms with E-state index in [9.17, 15) is 19.5 Å². The zero-order chi connectivity index (χ0) is 43.2. The SMILES string of the molecule is C=CCNC(=O)c1cnc(Nc2ccc3c(c2)CCN(C2CCN(CC4Cc5ccc6c(C7CCC(=O)NC7=O)noc6c5C4)CC2)C3)nc1Nc1ccc2c(n1)C(O)(CC)CC2. The van der Waals surface area contributed by atoms with E-state index in [2.05, 4.69) is 72.1 Å². The number of nitrogens with zero attached hydrogens (tertiary/aromatic N) is 6. The van der Waals surface area contributed by atoms with E-state index >= 15 is 0 Å². The number of benzene rings is 2. The van der Waals surface area contributed by atoms with E-state index in [1.165, 1.54) is 28.5 Å². The van der Waals surface area contributed by atoms with Crippen LogP contribution >= 0.6 is 0 Å². The third kappa shape index (κ3) is 8.09. The molecule has 0 radical (unpaired) electrons. The normalized spacial score (nSPS) is 22.6. The van der Waals surface area contributed by atoms with E-state index in [0.29, 0.717) is 73.2 Å². The molecule has 5 aromatic rings. The summed E-state index contributed by atoms with van der Waals surface area (Å²) < 4.78 is 5.89. The molecule has 6 heterocycles. The molecule has 326 valence electrons. The van der Waals surface area contributed by atoms with Crippen LogP contribution in [0.25, 0.3) is 11.0 Å². The van der Waals surface area contributed by atoms with Gasteiger partial charge in [-0.1, -0.05) is 36.4 Å². The Morgan fingerprint density at radius 2 is 1.83 bits per heavy atom. The molecule has 5 aliphatic rings. The summed E-state index contributed by atoms with van der Waals surface area (Å²) >= 11 is 0. The average Bonchev–Trinajstić information content (AvgIpc) is 4.01. The third-order valence-corrected chi connectivity index (χ3v) is 14.0. The van der Waals surface area contributed by atoms with Crippen molar-refractivity contribution in [2.75, 3.05) is 43.4 Å². The lowest BCUT2D eigenvalue weighted by Gasteiger charge is -2.41. The fraction of sp³-hybridized carbons (Fsp3) is 0.438. The van der Waals surface area contributed by atoms with Gasteiger partial charge in [-0.2, -0.15) is 4.98 Å². The molecule has 2 fully saturated rings. The van der Waals surface area contributed by atoms with Crippen molar-refractivity contribution < 1.29 is 24.0 Å².